The van der Waals surface area contributed by atoms with Crippen LogP contribution in [0.2, 0.25) is 0 Å². The van der Waals surface area contributed by atoms with Gasteiger partial charge in [-0.25, -0.2) is 0 Å². The zero-order chi connectivity index (χ0) is 18.5. The molecule has 0 N–H and O–H groups in total. The number of hydrogen-bond acceptors (Lipinski definition) is 3. The maximum absolute atomic E-state index is 2.75. The molecule has 3 heteroatoms. The maximum atomic E-state index is 2.75. The third-order valence-corrected chi connectivity index (χ3v) is 6.44. The van der Waals surface area contributed by atoms with Gasteiger partial charge in [0.2, 0.25) is 0 Å². The van der Waals surface area contributed by atoms with Gasteiger partial charge in [0.25, 0.3) is 0 Å². The van der Waals surface area contributed by atoms with E-state index in [1.54, 1.807) is 0 Å². The molecule has 1 heterocycles. The van der Waals surface area contributed by atoms with Gasteiger partial charge in [0.05, 0.1) is 0 Å². The molecule has 2 aromatic carbocycles. The Morgan fingerprint density at radius 1 is 0.778 bits per heavy atom. The molecule has 2 aromatic rings. The summed E-state index contributed by atoms with van der Waals surface area (Å²) in [5, 5.41) is 0. The van der Waals surface area contributed by atoms with Crippen LogP contribution < -0.4 is 4.90 Å². The normalized spacial score (nSPS) is 24.6. The Kier molecular flexibility index (Phi) is 6.10. The average Bonchev–Trinajstić information content (AvgIpc) is 2.74. The zero-order valence-corrected chi connectivity index (χ0v) is 16.6. The number of piperazine rings is 1. The summed E-state index contributed by atoms with van der Waals surface area (Å²) in [4.78, 5) is 7.86. The molecule has 0 bridgehead atoms. The summed E-state index contributed by atoms with van der Waals surface area (Å²) in [5.41, 5.74) is 2.77. The van der Waals surface area contributed by atoms with Crippen LogP contribution in [0.1, 0.15) is 31.2 Å². The summed E-state index contributed by atoms with van der Waals surface area (Å²) >= 11 is 0. The lowest BCUT2D eigenvalue weighted by Gasteiger charge is -2.44. The smallest absolute Gasteiger partial charge is 0.0432 e. The number of rotatable bonds is 5. The molecule has 1 saturated heterocycles. The lowest BCUT2D eigenvalue weighted by Crippen LogP contribution is -2.51. The molecule has 27 heavy (non-hydrogen) atoms. The Bertz CT molecular complexity index is 671. The van der Waals surface area contributed by atoms with Crippen LogP contribution in [0.3, 0.4) is 0 Å². The van der Waals surface area contributed by atoms with Crippen LogP contribution in [0, 0.1) is 0 Å². The van der Waals surface area contributed by atoms with Crippen LogP contribution in [-0.4, -0.2) is 55.1 Å². The van der Waals surface area contributed by atoms with Crippen molar-refractivity contribution in [2.24, 2.45) is 0 Å². The molecule has 0 aromatic heterocycles. The predicted molar refractivity (Wildman–Crippen MR) is 114 cm³/mol. The number of nitrogens with zero attached hydrogens (tertiary/aromatic N) is 3. The quantitative estimate of drug-likeness (QED) is 0.786. The number of hydrogen-bond donors (Lipinski definition) is 0. The Morgan fingerprint density at radius 2 is 1.37 bits per heavy atom. The fraction of sp³-hybridized carbons (Fsp3) is 0.500. The Labute approximate surface area is 164 Å². The van der Waals surface area contributed by atoms with Gasteiger partial charge >= 0.3 is 0 Å². The second kappa shape index (κ2) is 8.90. The van der Waals surface area contributed by atoms with Gasteiger partial charge in [-0.15, -0.1) is 0 Å². The molecule has 144 valence electrons. The molecule has 2 fully saturated rings. The molecule has 4 rings (SSSR count). The molecular formula is C24H33N3. The summed E-state index contributed by atoms with van der Waals surface area (Å²) in [5.74, 6) is 0. The topological polar surface area (TPSA) is 9.72 Å². The Morgan fingerprint density at radius 3 is 2.00 bits per heavy atom. The van der Waals surface area contributed by atoms with Gasteiger partial charge in [-0.05, 0) is 50.4 Å². The van der Waals surface area contributed by atoms with Crippen LogP contribution in [0.25, 0.3) is 0 Å². The number of para-hydroxylation sites is 1. The van der Waals surface area contributed by atoms with Gasteiger partial charge < -0.3 is 9.80 Å². The second-order valence-electron chi connectivity index (χ2n) is 8.25. The van der Waals surface area contributed by atoms with Crippen LogP contribution in [0.5, 0.6) is 0 Å². The van der Waals surface area contributed by atoms with E-state index in [1.165, 1.54) is 63.1 Å². The van der Waals surface area contributed by atoms with E-state index in [0.717, 1.165) is 12.6 Å². The summed E-state index contributed by atoms with van der Waals surface area (Å²) in [6, 6.07) is 23.4. The maximum Gasteiger partial charge on any atom is 0.0432 e. The molecular weight excluding hydrogens is 330 g/mol. The van der Waals surface area contributed by atoms with E-state index < -0.39 is 0 Å². The van der Waals surface area contributed by atoms with E-state index in [0.29, 0.717) is 6.04 Å². The summed E-state index contributed by atoms with van der Waals surface area (Å²) in [6.45, 7) is 5.96. The number of anilines is 1. The van der Waals surface area contributed by atoms with Crippen molar-refractivity contribution in [2.75, 3.05) is 38.1 Å². The minimum absolute atomic E-state index is 0.649. The predicted octanol–water partition coefficient (Wildman–Crippen LogP) is 4.25. The van der Waals surface area contributed by atoms with E-state index >= 15 is 0 Å². The fourth-order valence-corrected chi connectivity index (χ4v) is 4.75. The lowest BCUT2D eigenvalue weighted by atomic mass is 9.88. The van der Waals surface area contributed by atoms with Gasteiger partial charge in [0, 0.05) is 50.5 Å². The van der Waals surface area contributed by atoms with Crippen LogP contribution in [-0.2, 0) is 6.54 Å². The van der Waals surface area contributed by atoms with E-state index in [1.807, 2.05) is 0 Å². The fourth-order valence-electron chi connectivity index (χ4n) is 4.75. The van der Waals surface area contributed by atoms with E-state index in [2.05, 4.69) is 82.4 Å². The van der Waals surface area contributed by atoms with Crippen molar-refractivity contribution in [1.82, 2.24) is 9.80 Å². The highest BCUT2D eigenvalue weighted by Gasteiger charge is 2.30. The second-order valence-corrected chi connectivity index (χ2v) is 8.25. The zero-order valence-electron chi connectivity index (χ0n) is 16.6. The van der Waals surface area contributed by atoms with Gasteiger partial charge in [-0.1, -0.05) is 48.5 Å². The third kappa shape index (κ3) is 4.72. The molecule has 3 nitrogen and oxygen atoms in total. The molecule has 2 aliphatic rings. The Balaban J connectivity index is 1.42. The van der Waals surface area contributed by atoms with E-state index in [9.17, 15) is 0 Å². The van der Waals surface area contributed by atoms with Crippen molar-refractivity contribution in [3.05, 3.63) is 66.2 Å². The standard InChI is InChI=1S/C24H33N3/c1-25-16-18-26(19-17-25)22-12-14-24(15-13-22)27(23-10-6-3-7-11-23)20-21-8-4-2-5-9-21/h2-11,22,24H,12-20H2,1H3/t22-,24+. The first-order chi connectivity index (χ1) is 13.3. The molecule has 0 amide bonds. The largest absolute Gasteiger partial charge is 0.364 e. The van der Waals surface area contributed by atoms with E-state index in [4.69, 9.17) is 0 Å². The minimum atomic E-state index is 0.649. The monoisotopic (exact) mass is 363 g/mol. The first kappa shape index (κ1) is 18.5. The van der Waals surface area contributed by atoms with Crippen molar-refractivity contribution < 1.29 is 0 Å². The van der Waals surface area contributed by atoms with E-state index in [-0.39, 0.29) is 0 Å². The number of benzene rings is 2. The Hall–Kier alpha value is -1.84. The molecule has 0 spiro atoms. The van der Waals surface area contributed by atoms with Crippen molar-refractivity contribution >= 4 is 5.69 Å². The molecule has 0 radical (unpaired) electrons. The highest BCUT2D eigenvalue weighted by atomic mass is 15.3. The minimum Gasteiger partial charge on any atom is -0.364 e. The molecule has 0 unspecified atom stereocenters. The first-order valence-corrected chi connectivity index (χ1v) is 10.6. The SMILES string of the molecule is CN1CCN([C@H]2CC[C@@H](N(Cc3ccccc3)c3ccccc3)CC2)CC1. The van der Waals surface area contributed by atoms with Crippen molar-refractivity contribution in [2.45, 2.75) is 44.3 Å². The summed E-state index contributed by atoms with van der Waals surface area (Å²) in [7, 11) is 2.25. The van der Waals surface area contributed by atoms with Crippen molar-refractivity contribution in [1.29, 1.82) is 0 Å². The summed E-state index contributed by atoms with van der Waals surface area (Å²) < 4.78 is 0. The highest BCUT2D eigenvalue weighted by molar-refractivity contribution is 5.48. The van der Waals surface area contributed by atoms with Gasteiger partial charge in [0.15, 0.2) is 0 Å². The third-order valence-electron chi connectivity index (χ3n) is 6.44. The highest BCUT2D eigenvalue weighted by Crippen LogP contribution is 2.31. The molecule has 1 aliphatic heterocycles. The van der Waals surface area contributed by atoms with Gasteiger partial charge in [-0.2, -0.15) is 0 Å². The van der Waals surface area contributed by atoms with Crippen molar-refractivity contribution in [3.8, 4) is 0 Å². The van der Waals surface area contributed by atoms with Crippen LogP contribution >= 0.6 is 0 Å². The lowest BCUT2D eigenvalue weighted by molar-refractivity contribution is 0.0874. The molecule has 1 saturated carbocycles. The summed E-state index contributed by atoms with van der Waals surface area (Å²) in [6.07, 6.45) is 5.29. The number of likely N-dealkylation sites (N-methyl/N-ethyl adjacent to an activating group) is 1. The molecule has 1 aliphatic carbocycles. The van der Waals surface area contributed by atoms with Crippen molar-refractivity contribution in [3.63, 3.8) is 0 Å². The average molecular weight is 364 g/mol. The van der Waals surface area contributed by atoms with Gasteiger partial charge in [-0.3, -0.25) is 4.90 Å². The van der Waals surface area contributed by atoms with Gasteiger partial charge in [0.1, 0.15) is 0 Å². The molecule has 0 atom stereocenters. The van der Waals surface area contributed by atoms with Crippen LogP contribution in [0.4, 0.5) is 5.69 Å². The van der Waals surface area contributed by atoms with Crippen LogP contribution in [0.15, 0.2) is 60.7 Å². The first-order valence-electron chi connectivity index (χ1n) is 10.6.